The summed E-state index contributed by atoms with van der Waals surface area (Å²) in [5.74, 6) is -5.83. The molecule has 21 heavy (non-hydrogen) atoms. The first kappa shape index (κ1) is 12.6. The van der Waals surface area contributed by atoms with Crippen molar-refractivity contribution < 1.29 is 22.8 Å². The normalized spacial score (nSPS) is 33.2. The summed E-state index contributed by atoms with van der Waals surface area (Å²) in [5.41, 5.74) is -0.502. The molecule has 6 heteroatoms. The summed E-state index contributed by atoms with van der Waals surface area (Å²) in [6.07, 6.45) is 4.56. The molecule has 4 rings (SSSR count). The molecule has 0 radical (unpaired) electrons. The molecular formula is C15H10F3NO2. The predicted molar refractivity (Wildman–Crippen MR) is 66.5 cm³/mol. The number of carbonyl (C=O) groups excluding carboxylic acids is 2. The Hall–Kier alpha value is -2.11. The van der Waals surface area contributed by atoms with Crippen LogP contribution in [0, 0.1) is 41.1 Å². The highest BCUT2D eigenvalue weighted by atomic mass is 19.2. The molecule has 1 heterocycles. The van der Waals surface area contributed by atoms with E-state index < -0.39 is 46.8 Å². The molecule has 2 amide bonds. The van der Waals surface area contributed by atoms with Gasteiger partial charge in [0.05, 0.1) is 17.5 Å². The van der Waals surface area contributed by atoms with Crippen LogP contribution in [0.15, 0.2) is 24.3 Å². The highest BCUT2D eigenvalue weighted by Gasteiger charge is 2.59. The van der Waals surface area contributed by atoms with Gasteiger partial charge in [-0.15, -0.1) is 0 Å². The average molecular weight is 293 g/mol. The fourth-order valence-corrected chi connectivity index (χ4v) is 3.82. The molecule has 2 fully saturated rings. The Morgan fingerprint density at radius 3 is 1.95 bits per heavy atom. The van der Waals surface area contributed by atoms with Crippen LogP contribution in [-0.2, 0) is 9.59 Å². The van der Waals surface area contributed by atoms with Gasteiger partial charge < -0.3 is 0 Å². The Balaban J connectivity index is 1.80. The molecule has 1 aliphatic heterocycles. The third-order valence-electron chi connectivity index (χ3n) is 4.70. The van der Waals surface area contributed by atoms with Gasteiger partial charge in [-0.25, -0.2) is 18.1 Å². The first-order chi connectivity index (χ1) is 9.99. The highest BCUT2D eigenvalue weighted by Crippen LogP contribution is 2.53. The summed E-state index contributed by atoms with van der Waals surface area (Å²) in [6.45, 7) is 0. The van der Waals surface area contributed by atoms with Gasteiger partial charge in [0.25, 0.3) is 0 Å². The molecule has 2 bridgehead atoms. The molecule has 1 saturated carbocycles. The minimum absolute atomic E-state index is 0.0187. The minimum atomic E-state index is -1.35. The van der Waals surface area contributed by atoms with Gasteiger partial charge in [-0.3, -0.25) is 9.59 Å². The summed E-state index contributed by atoms with van der Waals surface area (Å²) < 4.78 is 40.2. The van der Waals surface area contributed by atoms with Crippen LogP contribution in [0.2, 0.25) is 0 Å². The maximum Gasteiger partial charge on any atom is 0.238 e. The number of allylic oxidation sites excluding steroid dienone is 2. The van der Waals surface area contributed by atoms with Crippen molar-refractivity contribution in [2.45, 2.75) is 6.42 Å². The smallest absolute Gasteiger partial charge is 0.238 e. The van der Waals surface area contributed by atoms with E-state index in [1.807, 2.05) is 12.2 Å². The summed E-state index contributed by atoms with van der Waals surface area (Å²) >= 11 is 0. The van der Waals surface area contributed by atoms with Crippen LogP contribution in [0.25, 0.3) is 0 Å². The number of amides is 2. The molecule has 1 saturated heterocycles. The second-order valence-electron chi connectivity index (χ2n) is 5.73. The van der Waals surface area contributed by atoms with E-state index >= 15 is 0 Å². The van der Waals surface area contributed by atoms with Crippen molar-refractivity contribution >= 4 is 17.5 Å². The molecule has 108 valence electrons. The van der Waals surface area contributed by atoms with Gasteiger partial charge >= 0.3 is 0 Å². The number of anilines is 1. The fourth-order valence-electron chi connectivity index (χ4n) is 3.82. The summed E-state index contributed by atoms with van der Waals surface area (Å²) in [7, 11) is 0. The van der Waals surface area contributed by atoms with Crippen LogP contribution in [0.1, 0.15) is 6.42 Å². The number of fused-ring (bicyclic) bond motifs is 5. The summed E-state index contributed by atoms with van der Waals surface area (Å²) in [6, 6.07) is 0.920. The molecule has 0 spiro atoms. The molecule has 2 aliphatic carbocycles. The number of halogens is 3. The van der Waals surface area contributed by atoms with Crippen LogP contribution < -0.4 is 4.90 Å². The molecule has 0 aromatic heterocycles. The van der Waals surface area contributed by atoms with Crippen molar-refractivity contribution in [2.24, 2.45) is 23.7 Å². The average Bonchev–Trinajstić information content (AvgIpc) is 3.09. The van der Waals surface area contributed by atoms with E-state index in [-0.39, 0.29) is 11.8 Å². The van der Waals surface area contributed by atoms with E-state index in [4.69, 9.17) is 0 Å². The zero-order valence-electron chi connectivity index (χ0n) is 10.7. The number of imide groups is 1. The molecule has 1 aromatic rings. The molecule has 3 nitrogen and oxygen atoms in total. The second-order valence-corrected chi connectivity index (χ2v) is 5.73. The third kappa shape index (κ3) is 1.50. The Morgan fingerprint density at radius 1 is 0.857 bits per heavy atom. The quantitative estimate of drug-likeness (QED) is 0.453. The standard InChI is InChI=1S/C15H10F3NO2/c16-8-4-10(18)11(5-9(8)17)19-14(20)12-6-1-2-7(3-6)13(12)15(19)21/h1-2,4-7,12-13H,3H2/t6-,7+,12-,13+. The predicted octanol–water partition coefficient (Wildman–Crippen LogP) is 2.42. The van der Waals surface area contributed by atoms with E-state index in [1.54, 1.807) is 0 Å². The topological polar surface area (TPSA) is 37.4 Å². The van der Waals surface area contributed by atoms with Crippen molar-refractivity contribution in [1.82, 2.24) is 0 Å². The number of carbonyl (C=O) groups is 2. The van der Waals surface area contributed by atoms with Crippen LogP contribution in [0.4, 0.5) is 18.9 Å². The Bertz CT molecular complexity index is 685. The maximum atomic E-state index is 13.8. The van der Waals surface area contributed by atoms with E-state index in [0.717, 1.165) is 6.42 Å². The zero-order valence-corrected chi connectivity index (χ0v) is 10.7. The largest absolute Gasteiger partial charge is 0.274 e. The minimum Gasteiger partial charge on any atom is -0.274 e. The third-order valence-corrected chi connectivity index (χ3v) is 4.70. The van der Waals surface area contributed by atoms with Crippen molar-refractivity contribution in [3.05, 3.63) is 41.7 Å². The summed E-state index contributed by atoms with van der Waals surface area (Å²) in [5, 5.41) is 0. The lowest BCUT2D eigenvalue weighted by Gasteiger charge is -2.18. The Morgan fingerprint density at radius 2 is 1.38 bits per heavy atom. The fraction of sp³-hybridized carbons (Fsp3) is 0.333. The lowest BCUT2D eigenvalue weighted by molar-refractivity contribution is -0.123. The molecule has 0 unspecified atom stereocenters. The number of rotatable bonds is 1. The monoisotopic (exact) mass is 293 g/mol. The molecule has 3 aliphatic rings. The van der Waals surface area contributed by atoms with Crippen molar-refractivity contribution in [1.29, 1.82) is 0 Å². The Kier molecular flexibility index (Phi) is 2.38. The lowest BCUT2D eigenvalue weighted by Crippen LogP contribution is -2.33. The summed E-state index contributed by atoms with van der Waals surface area (Å²) in [4.78, 5) is 25.5. The first-order valence-corrected chi connectivity index (χ1v) is 6.69. The van der Waals surface area contributed by atoms with Crippen molar-refractivity contribution in [3.8, 4) is 0 Å². The van der Waals surface area contributed by atoms with Crippen LogP contribution in [-0.4, -0.2) is 11.8 Å². The lowest BCUT2D eigenvalue weighted by atomic mass is 9.85. The van der Waals surface area contributed by atoms with Gasteiger partial charge in [0.15, 0.2) is 17.5 Å². The van der Waals surface area contributed by atoms with Crippen molar-refractivity contribution in [3.63, 3.8) is 0 Å². The first-order valence-electron chi connectivity index (χ1n) is 6.69. The van der Waals surface area contributed by atoms with Gasteiger partial charge in [0.1, 0.15) is 0 Å². The molecular weight excluding hydrogens is 283 g/mol. The molecule has 1 aromatic carbocycles. The van der Waals surface area contributed by atoms with Crippen LogP contribution in [0.3, 0.4) is 0 Å². The van der Waals surface area contributed by atoms with Crippen molar-refractivity contribution in [2.75, 3.05) is 4.90 Å². The van der Waals surface area contributed by atoms with Gasteiger partial charge in [0, 0.05) is 12.1 Å². The second kappa shape index (κ2) is 3.96. The SMILES string of the molecule is O=C1[C@@H]2[C@H](C(=O)N1c1cc(F)c(F)cc1F)[C@@H]1C=C[C@H]2C1. The number of hydrogen-bond donors (Lipinski definition) is 0. The van der Waals surface area contributed by atoms with E-state index in [1.165, 1.54) is 0 Å². The number of benzene rings is 1. The van der Waals surface area contributed by atoms with Gasteiger partial charge in [-0.05, 0) is 18.3 Å². The van der Waals surface area contributed by atoms with E-state index in [2.05, 4.69) is 0 Å². The van der Waals surface area contributed by atoms with Crippen LogP contribution in [0.5, 0.6) is 0 Å². The van der Waals surface area contributed by atoms with Gasteiger partial charge in [-0.1, -0.05) is 12.2 Å². The number of hydrogen-bond acceptors (Lipinski definition) is 2. The zero-order chi connectivity index (χ0) is 14.9. The molecule has 4 atom stereocenters. The highest BCUT2D eigenvalue weighted by molar-refractivity contribution is 6.22. The Labute approximate surface area is 118 Å². The molecule has 0 N–H and O–H groups in total. The van der Waals surface area contributed by atoms with Gasteiger partial charge in [0.2, 0.25) is 11.8 Å². The number of nitrogens with zero attached hydrogens (tertiary/aromatic N) is 1. The van der Waals surface area contributed by atoms with E-state index in [9.17, 15) is 22.8 Å². The van der Waals surface area contributed by atoms with Crippen LogP contribution >= 0.6 is 0 Å². The van der Waals surface area contributed by atoms with Gasteiger partial charge in [-0.2, -0.15) is 0 Å². The van der Waals surface area contributed by atoms with E-state index in [0.29, 0.717) is 17.0 Å². The maximum absolute atomic E-state index is 13.8.